The van der Waals surface area contributed by atoms with Crippen LogP contribution in [0.5, 0.6) is 0 Å². The lowest BCUT2D eigenvalue weighted by Gasteiger charge is -2.12. The van der Waals surface area contributed by atoms with E-state index in [4.69, 9.17) is 27.9 Å². The molecule has 0 radical (unpaired) electrons. The fourth-order valence-corrected chi connectivity index (χ4v) is 3.24. The van der Waals surface area contributed by atoms with Crippen molar-refractivity contribution in [2.45, 2.75) is 39.0 Å². The molecule has 3 atom stereocenters. The van der Waals surface area contributed by atoms with Crippen LogP contribution in [0.15, 0.2) is 22.8 Å². The monoisotopic (exact) mass is 356 g/mol. The molecule has 0 bridgehead atoms. The molecule has 7 heteroatoms. The van der Waals surface area contributed by atoms with Gasteiger partial charge in [-0.15, -0.1) is 11.6 Å². The molecule has 124 valence electrons. The predicted molar refractivity (Wildman–Crippen MR) is 78.7 cm³/mol. The average Bonchev–Trinajstić information content (AvgIpc) is 2.74. The Hall–Kier alpha value is -0.680. The Bertz CT molecular complexity index is 523. The summed E-state index contributed by atoms with van der Waals surface area (Å²) in [6.07, 6.45) is -0.804. The maximum Gasteiger partial charge on any atom is 0.426 e. The Balaban J connectivity index is 1.97. The lowest BCUT2D eigenvalue weighted by Crippen LogP contribution is -2.19. The van der Waals surface area contributed by atoms with Gasteiger partial charge in [-0.1, -0.05) is 43.2 Å². The van der Waals surface area contributed by atoms with Gasteiger partial charge < -0.3 is 4.74 Å². The number of allylic oxidation sites excluding steroid dienone is 2. The second-order valence-corrected chi connectivity index (χ2v) is 7.01. The quantitative estimate of drug-likeness (QED) is 0.410. The Labute approximate surface area is 137 Å². The van der Waals surface area contributed by atoms with Crippen molar-refractivity contribution in [2.24, 2.45) is 17.3 Å². The first-order valence-electron chi connectivity index (χ1n) is 6.96. The van der Waals surface area contributed by atoms with Gasteiger partial charge in [0.1, 0.15) is 11.1 Å². The fraction of sp³-hybridized carbons (Fsp3) is 0.667. The van der Waals surface area contributed by atoms with Crippen LogP contribution in [-0.4, -0.2) is 24.1 Å². The number of hydrogen-bond acceptors (Lipinski definition) is 2. The molecule has 0 saturated heterocycles. The van der Waals surface area contributed by atoms with Crippen molar-refractivity contribution in [2.75, 3.05) is 5.88 Å². The van der Waals surface area contributed by atoms with E-state index in [2.05, 4.69) is 0 Å². The van der Waals surface area contributed by atoms with Gasteiger partial charge in [0.05, 0.1) is 5.92 Å². The molecule has 1 saturated carbocycles. The Morgan fingerprint density at radius 3 is 2.64 bits per heavy atom. The lowest BCUT2D eigenvalue weighted by atomic mass is 10.1. The normalized spacial score (nSPS) is 31.0. The van der Waals surface area contributed by atoms with E-state index in [1.165, 1.54) is 0 Å². The van der Waals surface area contributed by atoms with E-state index in [-0.39, 0.29) is 6.10 Å². The van der Waals surface area contributed by atoms with E-state index in [0.717, 1.165) is 11.6 Å². The summed E-state index contributed by atoms with van der Waals surface area (Å²) < 4.78 is 42.9. The molecule has 0 spiro atoms. The molecule has 1 fully saturated rings. The minimum atomic E-state index is -4.58. The van der Waals surface area contributed by atoms with Crippen LogP contribution in [0.3, 0.4) is 0 Å². The van der Waals surface area contributed by atoms with Crippen molar-refractivity contribution in [1.29, 1.82) is 0 Å². The second-order valence-electron chi connectivity index (χ2n) is 6.33. The van der Waals surface area contributed by atoms with Crippen LogP contribution in [0.2, 0.25) is 0 Å². The largest absolute Gasteiger partial charge is 0.461 e. The molecular weight excluding hydrogens is 340 g/mol. The van der Waals surface area contributed by atoms with Gasteiger partial charge in [-0.2, -0.15) is 13.2 Å². The van der Waals surface area contributed by atoms with E-state index < -0.39 is 34.4 Å². The van der Waals surface area contributed by atoms with Crippen molar-refractivity contribution < 1.29 is 22.7 Å². The molecule has 2 nitrogen and oxygen atoms in total. The van der Waals surface area contributed by atoms with Crippen molar-refractivity contribution >= 4 is 29.2 Å². The number of rotatable bonds is 4. The zero-order valence-electron chi connectivity index (χ0n) is 12.2. The van der Waals surface area contributed by atoms with Gasteiger partial charge >= 0.3 is 12.1 Å². The van der Waals surface area contributed by atoms with E-state index in [0.29, 0.717) is 18.7 Å². The molecular formula is C15H17Cl2F3O2. The van der Waals surface area contributed by atoms with E-state index in [1.54, 1.807) is 13.8 Å². The van der Waals surface area contributed by atoms with Crippen LogP contribution >= 0.6 is 23.2 Å². The summed E-state index contributed by atoms with van der Waals surface area (Å²) in [6, 6.07) is 0. The molecule has 2 aliphatic rings. The second kappa shape index (κ2) is 6.08. The van der Waals surface area contributed by atoms with Crippen LogP contribution in [0.1, 0.15) is 26.7 Å². The van der Waals surface area contributed by atoms with Gasteiger partial charge in [0.25, 0.3) is 0 Å². The standard InChI is InChI=1S/C15H17Cl2F3O2/c1-14(2)10(6-11(17)15(18,19)20)12(14)13(21)22-9-4-3-8(5-9)7-16/h3,6,9-10,12H,4-5,7H2,1-2H3/t9?,10-,12-/m0/s1. The third-order valence-electron chi connectivity index (χ3n) is 4.38. The molecule has 22 heavy (non-hydrogen) atoms. The Kier molecular flexibility index (Phi) is 4.88. The summed E-state index contributed by atoms with van der Waals surface area (Å²) in [4.78, 5) is 12.2. The number of ether oxygens (including phenoxy) is 1. The molecule has 2 rings (SSSR count). The van der Waals surface area contributed by atoms with Gasteiger partial charge in [-0.3, -0.25) is 4.79 Å². The number of carbonyl (C=O) groups is 1. The van der Waals surface area contributed by atoms with Gasteiger partial charge in [0.2, 0.25) is 0 Å². The van der Waals surface area contributed by atoms with Gasteiger partial charge in [-0.05, 0) is 11.3 Å². The number of alkyl halides is 4. The van der Waals surface area contributed by atoms with E-state index >= 15 is 0 Å². The van der Waals surface area contributed by atoms with Crippen LogP contribution in [0.25, 0.3) is 0 Å². The van der Waals surface area contributed by atoms with Gasteiger partial charge in [0.15, 0.2) is 0 Å². The molecule has 0 aliphatic heterocycles. The van der Waals surface area contributed by atoms with Crippen molar-refractivity contribution in [3.8, 4) is 0 Å². The highest BCUT2D eigenvalue weighted by atomic mass is 35.5. The first-order chi connectivity index (χ1) is 10.1. The smallest absolute Gasteiger partial charge is 0.426 e. The summed E-state index contributed by atoms with van der Waals surface area (Å²) in [7, 11) is 0. The Morgan fingerprint density at radius 2 is 2.14 bits per heavy atom. The molecule has 0 heterocycles. The number of esters is 1. The third-order valence-corrected chi connectivity index (χ3v) is 5.06. The van der Waals surface area contributed by atoms with Gasteiger partial charge in [0, 0.05) is 18.7 Å². The van der Waals surface area contributed by atoms with Crippen molar-refractivity contribution in [3.63, 3.8) is 0 Å². The summed E-state index contributed by atoms with van der Waals surface area (Å²) in [5.74, 6) is -1.22. The molecule has 0 aromatic heterocycles. The molecule has 0 N–H and O–H groups in total. The zero-order chi connectivity index (χ0) is 16.7. The predicted octanol–water partition coefficient (Wildman–Crippen LogP) is 4.81. The first-order valence-corrected chi connectivity index (χ1v) is 7.87. The first kappa shape index (κ1) is 17.7. The van der Waals surface area contributed by atoms with Crippen LogP contribution in [-0.2, 0) is 9.53 Å². The van der Waals surface area contributed by atoms with Crippen LogP contribution in [0, 0.1) is 17.3 Å². The summed E-state index contributed by atoms with van der Waals surface area (Å²) >= 11 is 11.0. The van der Waals surface area contributed by atoms with E-state index in [9.17, 15) is 18.0 Å². The number of halogens is 5. The number of hydrogen-bond donors (Lipinski definition) is 0. The van der Waals surface area contributed by atoms with E-state index in [1.807, 2.05) is 6.08 Å². The van der Waals surface area contributed by atoms with Gasteiger partial charge in [-0.25, -0.2) is 0 Å². The fourth-order valence-electron chi connectivity index (χ4n) is 2.88. The summed E-state index contributed by atoms with van der Waals surface area (Å²) in [5, 5.41) is -1.19. The molecule has 2 aliphatic carbocycles. The molecule has 1 unspecified atom stereocenters. The average molecular weight is 357 g/mol. The maximum atomic E-state index is 12.5. The van der Waals surface area contributed by atoms with Crippen LogP contribution in [0.4, 0.5) is 13.2 Å². The molecule has 0 aromatic rings. The molecule has 0 aromatic carbocycles. The minimum Gasteiger partial charge on any atom is -0.461 e. The Morgan fingerprint density at radius 1 is 1.50 bits per heavy atom. The summed E-state index contributed by atoms with van der Waals surface area (Å²) in [5.41, 5.74) is 0.440. The highest BCUT2D eigenvalue weighted by Crippen LogP contribution is 2.60. The molecule has 0 amide bonds. The highest BCUT2D eigenvalue weighted by Gasteiger charge is 2.62. The SMILES string of the molecule is CC1(C)[C@H](C(=O)OC2CC=C(CCl)C2)[C@@H]1C=C(Cl)C(F)(F)F. The highest BCUT2D eigenvalue weighted by molar-refractivity contribution is 6.30. The zero-order valence-corrected chi connectivity index (χ0v) is 13.7. The number of carbonyl (C=O) groups excluding carboxylic acids is 1. The summed E-state index contributed by atoms with van der Waals surface area (Å²) in [6.45, 7) is 3.47. The van der Waals surface area contributed by atoms with Crippen molar-refractivity contribution in [1.82, 2.24) is 0 Å². The van der Waals surface area contributed by atoms with Crippen LogP contribution < -0.4 is 0 Å². The minimum absolute atomic E-state index is 0.264. The maximum absolute atomic E-state index is 12.5. The topological polar surface area (TPSA) is 26.3 Å². The lowest BCUT2D eigenvalue weighted by molar-refractivity contribution is -0.151. The third kappa shape index (κ3) is 3.62. The van der Waals surface area contributed by atoms with Crippen molar-refractivity contribution in [3.05, 3.63) is 22.8 Å².